The van der Waals surface area contributed by atoms with Gasteiger partial charge < -0.3 is 10.1 Å². The quantitative estimate of drug-likeness (QED) is 0.601. The lowest BCUT2D eigenvalue weighted by atomic mass is 9.68. The topological polar surface area (TPSA) is 35.8 Å². The molecule has 0 amide bonds. The van der Waals surface area contributed by atoms with E-state index in [4.69, 9.17) is 5.21 Å². The maximum Gasteiger partial charge on any atom is 0.0844 e. The molecule has 1 rings (SSSR count). The molecule has 1 aliphatic carbocycles. The van der Waals surface area contributed by atoms with E-state index < -0.39 is 0 Å². The highest BCUT2D eigenvalue weighted by Crippen LogP contribution is 2.39. The monoisotopic (exact) mass is 246 g/mol. The zero-order valence-electron chi connectivity index (χ0n) is 10.8. The molecule has 94 valence electrons. The van der Waals surface area contributed by atoms with Gasteiger partial charge in [0.25, 0.3) is 0 Å². The van der Waals surface area contributed by atoms with Crippen molar-refractivity contribution in [3.8, 4) is 0 Å². The Kier molecular flexibility index (Phi) is 5.50. The second-order valence-electron chi connectivity index (χ2n) is 5.50. The van der Waals surface area contributed by atoms with Crippen LogP contribution in [0.15, 0.2) is 16.8 Å². The summed E-state index contributed by atoms with van der Waals surface area (Å²) in [5.74, 6) is 0.307. The van der Waals surface area contributed by atoms with Crippen LogP contribution in [0.2, 0.25) is 0 Å². The van der Waals surface area contributed by atoms with Crippen LogP contribution < -0.4 is 0 Å². The first-order valence-electron chi connectivity index (χ1n) is 5.40. The van der Waals surface area contributed by atoms with E-state index in [-0.39, 0.29) is 17.8 Å². The van der Waals surface area contributed by atoms with Crippen LogP contribution in [0.3, 0.4) is 0 Å². The maximum atomic E-state index is 9.05. The molecule has 0 radical (unpaired) electrons. The van der Waals surface area contributed by atoms with Gasteiger partial charge >= 0.3 is 0 Å². The lowest BCUT2D eigenvalue weighted by Crippen LogP contribution is -2.40. The molecule has 0 aromatic heterocycles. The molecule has 0 aliphatic heterocycles. The first kappa shape index (κ1) is 15.5. The minimum atomic E-state index is 0. The fourth-order valence-corrected chi connectivity index (χ4v) is 2.45. The minimum Gasteiger partial charge on any atom is -0.411 e. The Bertz CT molecular complexity index is 295. The summed E-state index contributed by atoms with van der Waals surface area (Å²) in [6, 6.07) is 0. The first-order valence-corrected chi connectivity index (χ1v) is 5.40. The van der Waals surface area contributed by atoms with Gasteiger partial charge in [0, 0.05) is 12.5 Å². The van der Waals surface area contributed by atoms with E-state index in [0.717, 1.165) is 18.7 Å². The van der Waals surface area contributed by atoms with Gasteiger partial charge in [0.1, 0.15) is 0 Å². The third-order valence-electron chi connectivity index (χ3n) is 3.09. The number of rotatable bonds is 2. The predicted molar refractivity (Wildman–Crippen MR) is 70.7 cm³/mol. The van der Waals surface area contributed by atoms with Crippen molar-refractivity contribution in [3.05, 3.63) is 11.6 Å². The number of nitrogens with zero attached hydrogens (tertiary/aromatic N) is 2. The van der Waals surface area contributed by atoms with E-state index in [1.54, 1.807) is 0 Å². The van der Waals surface area contributed by atoms with Gasteiger partial charge in [-0.25, -0.2) is 0 Å². The molecule has 0 spiro atoms. The summed E-state index contributed by atoms with van der Waals surface area (Å²) < 4.78 is 0. The van der Waals surface area contributed by atoms with E-state index in [0.29, 0.717) is 5.92 Å². The Morgan fingerprint density at radius 1 is 1.50 bits per heavy atom. The Hall–Kier alpha value is -0.540. The van der Waals surface area contributed by atoms with Crippen LogP contribution in [0.4, 0.5) is 0 Å². The largest absolute Gasteiger partial charge is 0.411 e. The van der Waals surface area contributed by atoms with Crippen molar-refractivity contribution >= 4 is 18.1 Å². The average molecular weight is 247 g/mol. The van der Waals surface area contributed by atoms with Crippen LogP contribution in [-0.2, 0) is 0 Å². The Labute approximate surface area is 105 Å². The van der Waals surface area contributed by atoms with Crippen LogP contribution in [0.25, 0.3) is 0 Å². The lowest BCUT2D eigenvalue weighted by molar-refractivity contribution is 0.207. The third-order valence-corrected chi connectivity index (χ3v) is 3.09. The maximum absolute atomic E-state index is 9.05. The van der Waals surface area contributed by atoms with Crippen LogP contribution in [0, 0.1) is 11.3 Å². The molecule has 3 nitrogen and oxygen atoms in total. The average Bonchev–Trinajstić information content (AvgIpc) is 2.07. The summed E-state index contributed by atoms with van der Waals surface area (Å²) in [6.07, 6.45) is 3.09. The lowest BCUT2D eigenvalue weighted by Gasteiger charge is -2.39. The van der Waals surface area contributed by atoms with Crippen molar-refractivity contribution in [1.29, 1.82) is 0 Å². The minimum absolute atomic E-state index is 0. The van der Waals surface area contributed by atoms with Gasteiger partial charge in [-0.1, -0.05) is 24.6 Å². The molecule has 1 atom stereocenters. The predicted octanol–water partition coefficient (Wildman–Crippen LogP) is 2.79. The number of oxime groups is 1. The van der Waals surface area contributed by atoms with Crippen molar-refractivity contribution in [2.75, 3.05) is 20.6 Å². The highest BCUT2D eigenvalue weighted by Gasteiger charge is 2.36. The first-order chi connectivity index (χ1) is 6.86. The molecule has 1 unspecified atom stereocenters. The van der Waals surface area contributed by atoms with Crippen molar-refractivity contribution in [1.82, 2.24) is 4.90 Å². The summed E-state index contributed by atoms with van der Waals surface area (Å²) in [4.78, 5) is 2.14. The molecule has 0 saturated heterocycles. The Morgan fingerprint density at radius 2 is 2.06 bits per heavy atom. The highest BCUT2D eigenvalue weighted by molar-refractivity contribution is 5.98. The Morgan fingerprint density at radius 3 is 2.50 bits per heavy atom. The molecule has 0 aromatic carbocycles. The summed E-state index contributed by atoms with van der Waals surface area (Å²) in [6.45, 7) is 7.50. The van der Waals surface area contributed by atoms with Gasteiger partial charge in [0.2, 0.25) is 0 Å². The smallest absolute Gasteiger partial charge is 0.0844 e. The molecule has 1 aliphatic rings. The Balaban J connectivity index is 0.00000225. The normalized spacial score (nSPS) is 26.5. The van der Waals surface area contributed by atoms with Crippen LogP contribution in [0.1, 0.15) is 27.2 Å². The van der Waals surface area contributed by atoms with Crippen LogP contribution >= 0.6 is 12.4 Å². The molecule has 4 heteroatoms. The van der Waals surface area contributed by atoms with E-state index >= 15 is 0 Å². The zero-order chi connectivity index (χ0) is 11.6. The second kappa shape index (κ2) is 5.69. The van der Waals surface area contributed by atoms with E-state index in [1.165, 1.54) is 5.57 Å². The molecule has 1 N–H and O–H groups in total. The van der Waals surface area contributed by atoms with Gasteiger partial charge in [-0.2, -0.15) is 0 Å². The molecule has 0 fully saturated rings. The fraction of sp³-hybridized carbons (Fsp3) is 0.750. The van der Waals surface area contributed by atoms with Crippen molar-refractivity contribution in [2.45, 2.75) is 27.2 Å². The molecule has 0 aromatic rings. The van der Waals surface area contributed by atoms with Gasteiger partial charge in [-0.05, 0) is 38.9 Å². The van der Waals surface area contributed by atoms with Gasteiger partial charge in [-0.3, -0.25) is 0 Å². The molecule has 0 heterocycles. The number of halogens is 1. The molecule has 16 heavy (non-hydrogen) atoms. The van der Waals surface area contributed by atoms with Crippen LogP contribution in [0.5, 0.6) is 0 Å². The highest BCUT2D eigenvalue weighted by atomic mass is 35.5. The molecular formula is C12H23ClN2O. The molecule has 0 saturated carbocycles. The number of hydrogen-bond donors (Lipinski definition) is 1. The third kappa shape index (κ3) is 3.49. The van der Waals surface area contributed by atoms with Gasteiger partial charge in [0.15, 0.2) is 0 Å². The summed E-state index contributed by atoms with van der Waals surface area (Å²) in [5.41, 5.74) is 2.28. The SMILES string of the molecule is CC1=C/C(=N/O)C(CN(C)C)C(C)(C)C1.Cl. The van der Waals surface area contributed by atoms with Crippen LogP contribution in [-0.4, -0.2) is 36.5 Å². The summed E-state index contributed by atoms with van der Waals surface area (Å²) in [7, 11) is 4.10. The zero-order valence-corrected chi connectivity index (χ0v) is 11.6. The van der Waals surface area contributed by atoms with E-state index in [1.807, 2.05) is 6.08 Å². The van der Waals surface area contributed by atoms with Crippen molar-refractivity contribution in [3.63, 3.8) is 0 Å². The van der Waals surface area contributed by atoms with Crippen molar-refractivity contribution < 1.29 is 5.21 Å². The van der Waals surface area contributed by atoms with E-state index in [9.17, 15) is 0 Å². The number of hydrogen-bond acceptors (Lipinski definition) is 3. The summed E-state index contributed by atoms with van der Waals surface area (Å²) >= 11 is 0. The number of allylic oxidation sites excluding steroid dienone is 2. The van der Waals surface area contributed by atoms with E-state index in [2.05, 4.69) is 44.9 Å². The standard InChI is InChI=1S/C12H22N2O.ClH/c1-9-6-11(13-15)10(8-14(4)5)12(2,3)7-9;/h6,10,15H,7-8H2,1-5H3;1H/b13-11-;. The summed E-state index contributed by atoms with van der Waals surface area (Å²) in [5, 5.41) is 12.5. The molecule has 0 bridgehead atoms. The van der Waals surface area contributed by atoms with Gasteiger partial charge in [0.05, 0.1) is 5.71 Å². The second-order valence-corrected chi connectivity index (χ2v) is 5.50. The fourth-order valence-electron chi connectivity index (χ4n) is 2.45. The van der Waals surface area contributed by atoms with Gasteiger partial charge in [-0.15, -0.1) is 12.4 Å². The van der Waals surface area contributed by atoms with Crippen molar-refractivity contribution in [2.24, 2.45) is 16.5 Å². The molecular weight excluding hydrogens is 224 g/mol.